The van der Waals surface area contributed by atoms with Crippen molar-refractivity contribution in [1.82, 2.24) is 15.2 Å². The van der Waals surface area contributed by atoms with Gasteiger partial charge < -0.3 is 15.0 Å². The van der Waals surface area contributed by atoms with E-state index in [9.17, 15) is 14.0 Å². The number of para-hydroxylation sites is 1. The zero-order valence-electron chi connectivity index (χ0n) is 14.2. The van der Waals surface area contributed by atoms with Crippen LogP contribution in [0.1, 0.15) is 12.1 Å². The Morgan fingerprint density at radius 3 is 2.85 bits per heavy atom. The first-order valence-corrected chi connectivity index (χ1v) is 8.46. The SMILES string of the molecule is O=C(NCCOc1ccccc1F)[C@@H]1CC(=O)N(Cc2ccccn2)C1. The van der Waals surface area contributed by atoms with Crippen molar-refractivity contribution in [1.29, 1.82) is 0 Å². The summed E-state index contributed by atoms with van der Waals surface area (Å²) < 4.78 is 18.7. The number of benzene rings is 1. The maximum absolute atomic E-state index is 13.4. The third-order valence-electron chi connectivity index (χ3n) is 4.16. The normalized spacial score (nSPS) is 16.6. The standard InChI is InChI=1S/C19H20FN3O3/c20-16-6-1-2-7-17(16)26-10-9-22-19(25)14-11-18(24)23(12-14)13-15-5-3-4-8-21-15/h1-8,14H,9-13H2,(H,22,25)/t14-/m1/s1. The van der Waals surface area contributed by atoms with Gasteiger partial charge in [-0.05, 0) is 24.3 Å². The fraction of sp³-hybridized carbons (Fsp3) is 0.316. The molecule has 6 nitrogen and oxygen atoms in total. The first-order chi connectivity index (χ1) is 12.6. The van der Waals surface area contributed by atoms with E-state index in [4.69, 9.17) is 4.74 Å². The minimum atomic E-state index is -0.439. The highest BCUT2D eigenvalue weighted by Crippen LogP contribution is 2.20. The van der Waals surface area contributed by atoms with E-state index in [0.717, 1.165) is 5.69 Å². The van der Waals surface area contributed by atoms with Crippen LogP contribution in [0.15, 0.2) is 48.7 Å². The summed E-state index contributed by atoms with van der Waals surface area (Å²) in [5, 5.41) is 2.74. The van der Waals surface area contributed by atoms with Crippen LogP contribution in [-0.4, -0.2) is 41.4 Å². The van der Waals surface area contributed by atoms with Crippen LogP contribution >= 0.6 is 0 Å². The predicted octanol–water partition coefficient (Wildman–Crippen LogP) is 1.76. The van der Waals surface area contributed by atoms with Crippen molar-refractivity contribution in [2.24, 2.45) is 5.92 Å². The molecule has 3 rings (SSSR count). The minimum absolute atomic E-state index is 0.0570. The van der Waals surface area contributed by atoms with Gasteiger partial charge in [0.1, 0.15) is 6.61 Å². The van der Waals surface area contributed by atoms with E-state index in [-0.39, 0.29) is 43.1 Å². The Kier molecular flexibility index (Phi) is 5.78. The molecule has 0 saturated carbocycles. The van der Waals surface area contributed by atoms with Crippen molar-refractivity contribution in [3.63, 3.8) is 0 Å². The summed E-state index contributed by atoms with van der Waals surface area (Å²) in [7, 11) is 0. The molecule has 0 aliphatic carbocycles. The Morgan fingerprint density at radius 1 is 1.27 bits per heavy atom. The largest absolute Gasteiger partial charge is 0.489 e. The van der Waals surface area contributed by atoms with Crippen molar-refractivity contribution in [3.8, 4) is 5.75 Å². The molecule has 1 aromatic carbocycles. The fourth-order valence-corrected chi connectivity index (χ4v) is 2.83. The number of carbonyl (C=O) groups excluding carboxylic acids is 2. The summed E-state index contributed by atoms with van der Waals surface area (Å²) in [4.78, 5) is 30.2. The number of rotatable bonds is 7. The third kappa shape index (κ3) is 4.56. The number of halogens is 1. The predicted molar refractivity (Wildman–Crippen MR) is 92.7 cm³/mol. The lowest BCUT2D eigenvalue weighted by Gasteiger charge is -2.16. The van der Waals surface area contributed by atoms with Gasteiger partial charge in [-0.1, -0.05) is 18.2 Å². The van der Waals surface area contributed by atoms with Crippen LogP contribution in [0.2, 0.25) is 0 Å². The van der Waals surface area contributed by atoms with Gasteiger partial charge in [0.15, 0.2) is 11.6 Å². The van der Waals surface area contributed by atoms with Gasteiger partial charge in [0.25, 0.3) is 0 Å². The van der Waals surface area contributed by atoms with E-state index >= 15 is 0 Å². The summed E-state index contributed by atoms with van der Waals surface area (Å²) in [5.41, 5.74) is 0.792. The second-order valence-corrected chi connectivity index (χ2v) is 6.07. The molecule has 2 amide bonds. The molecule has 0 radical (unpaired) electrons. The van der Waals surface area contributed by atoms with Crippen molar-refractivity contribution in [2.75, 3.05) is 19.7 Å². The Hall–Kier alpha value is -2.96. The number of carbonyl (C=O) groups is 2. The Bertz CT molecular complexity index is 770. The van der Waals surface area contributed by atoms with Gasteiger partial charge in [0, 0.05) is 19.2 Å². The molecule has 1 atom stereocenters. The molecule has 1 N–H and O–H groups in total. The third-order valence-corrected chi connectivity index (χ3v) is 4.16. The maximum Gasteiger partial charge on any atom is 0.225 e. The van der Waals surface area contributed by atoms with Crippen LogP contribution in [0.25, 0.3) is 0 Å². The summed E-state index contributed by atoms with van der Waals surface area (Å²) in [6.07, 6.45) is 1.86. The number of pyridine rings is 1. The lowest BCUT2D eigenvalue weighted by molar-refractivity contribution is -0.129. The molecule has 2 aromatic rings. The lowest BCUT2D eigenvalue weighted by atomic mass is 10.1. The highest BCUT2D eigenvalue weighted by atomic mass is 19.1. The van der Waals surface area contributed by atoms with Crippen LogP contribution in [0, 0.1) is 11.7 Å². The van der Waals surface area contributed by atoms with Crippen LogP contribution in [-0.2, 0) is 16.1 Å². The van der Waals surface area contributed by atoms with Gasteiger partial charge in [0.2, 0.25) is 11.8 Å². The van der Waals surface area contributed by atoms with Crippen molar-refractivity contribution >= 4 is 11.8 Å². The minimum Gasteiger partial charge on any atom is -0.489 e. The van der Waals surface area contributed by atoms with Crippen LogP contribution in [0.5, 0.6) is 5.75 Å². The van der Waals surface area contributed by atoms with Crippen molar-refractivity contribution < 1.29 is 18.7 Å². The summed E-state index contributed by atoms with van der Waals surface area (Å²) in [6, 6.07) is 11.6. The highest BCUT2D eigenvalue weighted by Gasteiger charge is 2.34. The van der Waals surface area contributed by atoms with Crippen LogP contribution < -0.4 is 10.1 Å². The number of hydrogen-bond donors (Lipinski definition) is 1. The quantitative estimate of drug-likeness (QED) is 0.767. The molecule has 1 aliphatic rings. The van der Waals surface area contributed by atoms with Crippen molar-refractivity contribution in [2.45, 2.75) is 13.0 Å². The van der Waals surface area contributed by atoms with Gasteiger partial charge in [-0.3, -0.25) is 14.6 Å². The second-order valence-electron chi connectivity index (χ2n) is 6.07. The first kappa shape index (κ1) is 17.8. The summed E-state index contributed by atoms with van der Waals surface area (Å²) >= 11 is 0. The molecule has 1 aliphatic heterocycles. The first-order valence-electron chi connectivity index (χ1n) is 8.46. The Balaban J connectivity index is 1.42. The Morgan fingerprint density at radius 2 is 2.08 bits per heavy atom. The highest BCUT2D eigenvalue weighted by molar-refractivity contribution is 5.89. The number of likely N-dealkylation sites (tertiary alicyclic amines) is 1. The smallest absolute Gasteiger partial charge is 0.225 e. The molecule has 1 fully saturated rings. The average molecular weight is 357 g/mol. The zero-order valence-corrected chi connectivity index (χ0v) is 14.2. The van der Waals surface area contributed by atoms with E-state index in [1.807, 2.05) is 18.2 Å². The van der Waals surface area contributed by atoms with Crippen molar-refractivity contribution in [3.05, 3.63) is 60.2 Å². The number of amides is 2. The van der Waals surface area contributed by atoms with Gasteiger partial charge >= 0.3 is 0 Å². The second kappa shape index (κ2) is 8.42. The molecule has 0 spiro atoms. The number of aromatic nitrogens is 1. The lowest BCUT2D eigenvalue weighted by Crippen LogP contribution is -2.35. The molecule has 1 aromatic heterocycles. The number of nitrogens with one attached hydrogen (secondary N) is 1. The van der Waals surface area contributed by atoms with Crippen LogP contribution in [0.3, 0.4) is 0 Å². The molecule has 1 saturated heterocycles. The van der Waals surface area contributed by atoms with Gasteiger partial charge in [-0.15, -0.1) is 0 Å². The topological polar surface area (TPSA) is 71.5 Å². The van der Waals surface area contributed by atoms with E-state index < -0.39 is 5.82 Å². The zero-order chi connectivity index (χ0) is 18.4. The monoisotopic (exact) mass is 357 g/mol. The molecule has 0 unspecified atom stereocenters. The molecule has 136 valence electrons. The molecular formula is C19H20FN3O3. The van der Waals surface area contributed by atoms with E-state index in [1.54, 1.807) is 23.2 Å². The molecule has 0 bridgehead atoms. The van der Waals surface area contributed by atoms with Gasteiger partial charge in [0.05, 0.1) is 24.7 Å². The average Bonchev–Trinajstić information content (AvgIpc) is 3.01. The molecular weight excluding hydrogens is 337 g/mol. The summed E-state index contributed by atoms with van der Waals surface area (Å²) in [6.45, 7) is 1.18. The molecule has 26 heavy (non-hydrogen) atoms. The van der Waals surface area contributed by atoms with Crippen LogP contribution in [0.4, 0.5) is 4.39 Å². The fourth-order valence-electron chi connectivity index (χ4n) is 2.83. The Labute approximate surface area is 151 Å². The molecule has 7 heteroatoms. The summed E-state index contributed by atoms with van der Waals surface area (Å²) in [5.74, 6) is -0.929. The maximum atomic E-state index is 13.4. The van der Waals surface area contributed by atoms with Gasteiger partial charge in [-0.25, -0.2) is 4.39 Å². The van der Waals surface area contributed by atoms with E-state index in [0.29, 0.717) is 13.1 Å². The van der Waals surface area contributed by atoms with E-state index in [1.165, 1.54) is 12.1 Å². The number of ether oxygens (including phenoxy) is 1. The molecule has 2 heterocycles. The number of hydrogen-bond acceptors (Lipinski definition) is 4. The number of nitrogens with zero attached hydrogens (tertiary/aromatic N) is 2. The van der Waals surface area contributed by atoms with E-state index in [2.05, 4.69) is 10.3 Å². The van der Waals surface area contributed by atoms with Gasteiger partial charge in [-0.2, -0.15) is 0 Å².